The maximum absolute atomic E-state index is 6.24. The van der Waals surface area contributed by atoms with Crippen LogP contribution in [0.2, 0.25) is 0 Å². The lowest BCUT2D eigenvalue weighted by atomic mass is 9.81. The number of piperidine rings is 1. The molecule has 0 radical (unpaired) electrons. The summed E-state index contributed by atoms with van der Waals surface area (Å²) in [6.07, 6.45) is 9.59. The molecule has 0 aromatic rings. The van der Waals surface area contributed by atoms with Gasteiger partial charge in [-0.15, -0.1) is 0 Å². The molecule has 1 aliphatic carbocycles. The average Bonchev–Trinajstić information content (AvgIpc) is 2.61. The average molecular weight is 266 g/mol. The van der Waals surface area contributed by atoms with Crippen LogP contribution in [-0.4, -0.2) is 30.1 Å². The fourth-order valence-corrected chi connectivity index (χ4v) is 4.25. The van der Waals surface area contributed by atoms with Crippen molar-refractivity contribution in [1.29, 1.82) is 0 Å². The molecule has 19 heavy (non-hydrogen) atoms. The molecule has 1 saturated heterocycles. The standard InChI is InChI=1S/C17H34N2/c1-14(2)16-7-11-19(12-8-16)17(13-18)9-4-5-15(3)6-10-17/h14-16H,4-13,18H2,1-3H3. The fourth-order valence-electron chi connectivity index (χ4n) is 4.25. The van der Waals surface area contributed by atoms with E-state index in [0.717, 1.165) is 24.3 Å². The predicted octanol–water partition coefficient (Wildman–Crippen LogP) is 3.65. The Morgan fingerprint density at radius 3 is 2.37 bits per heavy atom. The molecule has 2 aliphatic rings. The Bertz CT molecular complexity index is 268. The molecule has 1 aliphatic heterocycles. The zero-order valence-electron chi connectivity index (χ0n) is 13.3. The van der Waals surface area contributed by atoms with Crippen molar-refractivity contribution in [2.75, 3.05) is 19.6 Å². The van der Waals surface area contributed by atoms with E-state index in [9.17, 15) is 0 Å². The van der Waals surface area contributed by atoms with Gasteiger partial charge in [0, 0.05) is 12.1 Å². The van der Waals surface area contributed by atoms with E-state index in [1.807, 2.05) is 0 Å². The van der Waals surface area contributed by atoms with Crippen LogP contribution in [0.5, 0.6) is 0 Å². The van der Waals surface area contributed by atoms with E-state index < -0.39 is 0 Å². The summed E-state index contributed by atoms with van der Waals surface area (Å²) < 4.78 is 0. The number of nitrogens with two attached hydrogens (primary N) is 1. The van der Waals surface area contributed by atoms with Gasteiger partial charge in [0.05, 0.1) is 0 Å². The van der Waals surface area contributed by atoms with Gasteiger partial charge in [-0.25, -0.2) is 0 Å². The van der Waals surface area contributed by atoms with E-state index in [-0.39, 0.29) is 0 Å². The first kappa shape index (κ1) is 15.3. The Kier molecular flexibility index (Phi) is 5.30. The van der Waals surface area contributed by atoms with Gasteiger partial charge in [-0.3, -0.25) is 4.90 Å². The second-order valence-corrected chi connectivity index (χ2v) is 7.53. The maximum Gasteiger partial charge on any atom is 0.0331 e. The molecule has 112 valence electrons. The molecule has 0 aromatic heterocycles. The molecule has 2 atom stereocenters. The van der Waals surface area contributed by atoms with Gasteiger partial charge in [0.25, 0.3) is 0 Å². The van der Waals surface area contributed by atoms with Gasteiger partial charge in [-0.2, -0.15) is 0 Å². The van der Waals surface area contributed by atoms with Gasteiger partial charge >= 0.3 is 0 Å². The molecule has 2 N–H and O–H groups in total. The van der Waals surface area contributed by atoms with E-state index in [4.69, 9.17) is 5.73 Å². The minimum absolute atomic E-state index is 0.340. The first-order chi connectivity index (χ1) is 9.07. The molecule has 2 fully saturated rings. The molecule has 0 amide bonds. The van der Waals surface area contributed by atoms with Crippen molar-refractivity contribution in [3.05, 3.63) is 0 Å². The monoisotopic (exact) mass is 266 g/mol. The van der Waals surface area contributed by atoms with Crippen LogP contribution in [0.25, 0.3) is 0 Å². The van der Waals surface area contributed by atoms with Crippen LogP contribution in [0.4, 0.5) is 0 Å². The number of rotatable bonds is 3. The topological polar surface area (TPSA) is 29.3 Å². The molecule has 0 bridgehead atoms. The van der Waals surface area contributed by atoms with Gasteiger partial charge in [0.15, 0.2) is 0 Å². The van der Waals surface area contributed by atoms with Crippen LogP contribution in [0.15, 0.2) is 0 Å². The minimum atomic E-state index is 0.340. The lowest BCUT2D eigenvalue weighted by molar-refractivity contribution is 0.0343. The zero-order chi connectivity index (χ0) is 13.9. The van der Waals surface area contributed by atoms with Crippen molar-refractivity contribution >= 4 is 0 Å². The van der Waals surface area contributed by atoms with E-state index in [0.29, 0.717) is 5.54 Å². The summed E-state index contributed by atoms with van der Waals surface area (Å²) in [4.78, 5) is 2.77. The Balaban J connectivity index is 1.98. The molecule has 1 heterocycles. The highest BCUT2D eigenvalue weighted by Gasteiger charge is 2.38. The van der Waals surface area contributed by atoms with Crippen molar-refractivity contribution in [1.82, 2.24) is 4.90 Å². The summed E-state index contributed by atoms with van der Waals surface area (Å²) in [7, 11) is 0. The highest BCUT2D eigenvalue weighted by atomic mass is 15.2. The third-order valence-corrected chi connectivity index (χ3v) is 5.97. The lowest BCUT2D eigenvalue weighted by Crippen LogP contribution is -2.56. The molecule has 0 spiro atoms. The van der Waals surface area contributed by atoms with Gasteiger partial charge in [-0.05, 0) is 62.9 Å². The molecule has 2 unspecified atom stereocenters. The van der Waals surface area contributed by atoms with Gasteiger partial charge in [0.1, 0.15) is 0 Å². The largest absolute Gasteiger partial charge is 0.329 e. The summed E-state index contributed by atoms with van der Waals surface area (Å²) in [5.74, 6) is 2.70. The first-order valence-corrected chi connectivity index (χ1v) is 8.52. The van der Waals surface area contributed by atoms with E-state index in [1.165, 1.54) is 58.0 Å². The Morgan fingerprint density at radius 1 is 1.11 bits per heavy atom. The van der Waals surface area contributed by atoms with Crippen LogP contribution in [0.3, 0.4) is 0 Å². The quantitative estimate of drug-likeness (QED) is 0.790. The normalized spacial score (nSPS) is 35.5. The number of hydrogen-bond acceptors (Lipinski definition) is 2. The summed E-state index contributed by atoms with van der Waals surface area (Å²) in [6.45, 7) is 10.6. The van der Waals surface area contributed by atoms with Crippen LogP contribution < -0.4 is 5.73 Å². The van der Waals surface area contributed by atoms with Crippen LogP contribution in [0, 0.1) is 17.8 Å². The first-order valence-electron chi connectivity index (χ1n) is 8.52. The molecular formula is C17H34N2. The van der Waals surface area contributed by atoms with Crippen LogP contribution >= 0.6 is 0 Å². The van der Waals surface area contributed by atoms with Crippen molar-refractivity contribution in [2.45, 2.75) is 71.3 Å². The second-order valence-electron chi connectivity index (χ2n) is 7.53. The highest BCUT2D eigenvalue weighted by Crippen LogP contribution is 2.37. The van der Waals surface area contributed by atoms with Crippen molar-refractivity contribution in [3.63, 3.8) is 0 Å². The summed E-state index contributed by atoms with van der Waals surface area (Å²) >= 11 is 0. The van der Waals surface area contributed by atoms with E-state index >= 15 is 0 Å². The Hall–Kier alpha value is -0.0800. The van der Waals surface area contributed by atoms with Crippen LogP contribution in [-0.2, 0) is 0 Å². The number of likely N-dealkylation sites (tertiary alicyclic amines) is 1. The molecule has 2 rings (SSSR count). The maximum atomic E-state index is 6.24. The zero-order valence-corrected chi connectivity index (χ0v) is 13.3. The van der Waals surface area contributed by atoms with Crippen molar-refractivity contribution in [2.24, 2.45) is 23.5 Å². The third-order valence-electron chi connectivity index (χ3n) is 5.97. The minimum Gasteiger partial charge on any atom is -0.329 e. The SMILES string of the molecule is CC1CCCC(CN)(N2CCC(C(C)C)CC2)CC1. The Morgan fingerprint density at radius 2 is 1.79 bits per heavy atom. The van der Waals surface area contributed by atoms with E-state index in [2.05, 4.69) is 25.7 Å². The van der Waals surface area contributed by atoms with Crippen molar-refractivity contribution in [3.8, 4) is 0 Å². The summed E-state index contributed by atoms with van der Waals surface area (Å²) in [5.41, 5.74) is 6.58. The van der Waals surface area contributed by atoms with Gasteiger partial charge in [0.2, 0.25) is 0 Å². The fraction of sp³-hybridized carbons (Fsp3) is 1.00. The predicted molar refractivity (Wildman–Crippen MR) is 83.2 cm³/mol. The number of nitrogens with zero attached hydrogens (tertiary/aromatic N) is 1. The third kappa shape index (κ3) is 3.52. The van der Waals surface area contributed by atoms with Gasteiger partial charge in [-0.1, -0.05) is 33.6 Å². The number of hydrogen-bond donors (Lipinski definition) is 1. The van der Waals surface area contributed by atoms with Crippen LogP contribution in [0.1, 0.15) is 65.7 Å². The summed E-state index contributed by atoms with van der Waals surface area (Å²) in [6, 6.07) is 0. The summed E-state index contributed by atoms with van der Waals surface area (Å²) in [5, 5.41) is 0. The lowest BCUT2D eigenvalue weighted by Gasteiger charge is -2.47. The molecular weight excluding hydrogens is 232 g/mol. The molecule has 2 nitrogen and oxygen atoms in total. The molecule has 2 heteroatoms. The second kappa shape index (κ2) is 6.58. The Labute approximate surface area is 120 Å². The molecule has 1 saturated carbocycles. The van der Waals surface area contributed by atoms with E-state index in [1.54, 1.807) is 0 Å². The van der Waals surface area contributed by atoms with Gasteiger partial charge < -0.3 is 5.73 Å². The highest BCUT2D eigenvalue weighted by molar-refractivity contribution is 4.95. The van der Waals surface area contributed by atoms with Crippen molar-refractivity contribution < 1.29 is 0 Å². The molecule has 0 aromatic carbocycles. The smallest absolute Gasteiger partial charge is 0.0331 e.